The molecule has 0 spiro atoms. The van der Waals surface area contributed by atoms with Crippen molar-refractivity contribution < 1.29 is 4.52 Å². The lowest BCUT2D eigenvalue weighted by Gasteiger charge is -2.12. The normalized spacial score (nSPS) is 11.2. The fraction of sp³-hybridized carbons (Fsp3) is 0.308. The van der Waals surface area contributed by atoms with Crippen LogP contribution in [0.1, 0.15) is 17.0 Å². The highest BCUT2D eigenvalue weighted by Gasteiger charge is 2.12. The van der Waals surface area contributed by atoms with E-state index in [-0.39, 0.29) is 0 Å². The molecule has 0 aliphatic heterocycles. The lowest BCUT2D eigenvalue weighted by atomic mass is 10.1. The average molecular weight is 290 g/mol. The Morgan fingerprint density at radius 1 is 1.40 bits per heavy atom. The molecule has 104 valence electrons. The average Bonchev–Trinajstić information content (AvgIpc) is 2.95. The molecule has 0 bridgehead atoms. The number of anilines is 1. The summed E-state index contributed by atoms with van der Waals surface area (Å²) in [7, 11) is 1.91. The number of fused-ring (bicyclic) bond motifs is 1. The molecule has 0 saturated heterocycles. The van der Waals surface area contributed by atoms with Crippen LogP contribution in [0.25, 0.3) is 10.2 Å². The van der Waals surface area contributed by atoms with E-state index >= 15 is 0 Å². The standard InChI is InChI=1S/C13H14N4O2S/c1-7-4-8(2)11-9(5-7)20-12(15-11)17(3)6-10-14-13(18)19-16-10/h4-5H,6H2,1-3H3,(H,14,16,18). The number of rotatable bonds is 3. The van der Waals surface area contributed by atoms with Gasteiger partial charge < -0.3 is 4.90 Å². The summed E-state index contributed by atoms with van der Waals surface area (Å²) in [6.07, 6.45) is 0. The zero-order valence-electron chi connectivity index (χ0n) is 11.4. The van der Waals surface area contributed by atoms with Gasteiger partial charge in [-0.15, -0.1) is 0 Å². The van der Waals surface area contributed by atoms with Crippen molar-refractivity contribution in [2.45, 2.75) is 20.4 Å². The van der Waals surface area contributed by atoms with Crippen molar-refractivity contribution in [3.05, 3.63) is 39.6 Å². The Labute approximate surface area is 119 Å². The number of nitrogens with one attached hydrogen (secondary N) is 1. The highest BCUT2D eigenvalue weighted by atomic mass is 32.1. The number of H-pyrrole nitrogens is 1. The summed E-state index contributed by atoms with van der Waals surface area (Å²) >= 11 is 1.62. The molecule has 0 saturated carbocycles. The van der Waals surface area contributed by atoms with Crippen molar-refractivity contribution in [3.8, 4) is 0 Å². The fourth-order valence-corrected chi connectivity index (χ4v) is 3.24. The van der Waals surface area contributed by atoms with Crippen molar-refractivity contribution in [2.75, 3.05) is 11.9 Å². The first-order valence-electron chi connectivity index (χ1n) is 6.17. The number of thiazole rings is 1. The molecule has 0 aliphatic carbocycles. The minimum Gasteiger partial charge on any atom is -0.344 e. The summed E-state index contributed by atoms with van der Waals surface area (Å²) < 4.78 is 5.66. The highest BCUT2D eigenvalue weighted by molar-refractivity contribution is 7.22. The van der Waals surface area contributed by atoms with Crippen LogP contribution in [-0.2, 0) is 6.54 Å². The maximum Gasteiger partial charge on any atom is 0.438 e. The van der Waals surface area contributed by atoms with Crippen molar-refractivity contribution in [1.82, 2.24) is 15.1 Å². The van der Waals surface area contributed by atoms with Gasteiger partial charge in [0, 0.05) is 7.05 Å². The van der Waals surface area contributed by atoms with Crippen molar-refractivity contribution in [2.24, 2.45) is 0 Å². The highest BCUT2D eigenvalue weighted by Crippen LogP contribution is 2.31. The Bertz CT molecular complexity index is 817. The van der Waals surface area contributed by atoms with Crippen LogP contribution in [0.4, 0.5) is 5.13 Å². The Hall–Kier alpha value is -2.15. The van der Waals surface area contributed by atoms with Crippen LogP contribution in [0.2, 0.25) is 0 Å². The number of aromatic nitrogens is 3. The van der Waals surface area contributed by atoms with Crippen LogP contribution in [-0.4, -0.2) is 22.2 Å². The molecule has 3 rings (SSSR count). The summed E-state index contributed by atoms with van der Waals surface area (Å²) in [5, 5.41) is 4.55. The van der Waals surface area contributed by atoms with E-state index in [4.69, 9.17) is 0 Å². The van der Waals surface area contributed by atoms with Crippen LogP contribution in [0.15, 0.2) is 21.5 Å². The molecule has 0 aliphatic rings. The molecule has 1 aromatic carbocycles. The number of hydrogen-bond donors (Lipinski definition) is 1. The summed E-state index contributed by atoms with van der Waals surface area (Å²) in [4.78, 5) is 20.0. The van der Waals surface area contributed by atoms with Gasteiger partial charge in [0.25, 0.3) is 0 Å². The molecule has 0 fully saturated rings. The number of aromatic amines is 1. The third-order valence-electron chi connectivity index (χ3n) is 3.02. The van der Waals surface area contributed by atoms with Gasteiger partial charge in [0.2, 0.25) is 0 Å². The van der Waals surface area contributed by atoms with E-state index in [0.29, 0.717) is 12.4 Å². The molecule has 0 radical (unpaired) electrons. The molecular formula is C13H14N4O2S. The van der Waals surface area contributed by atoms with Gasteiger partial charge in [-0.3, -0.25) is 9.51 Å². The fourth-order valence-electron chi connectivity index (χ4n) is 2.14. The second-order valence-corrected chi connectivity index (χ2v) is 5.83. The van der Waals surface area contributed by atoms with Gasteiger partial charge >= 0.3 is 5.76 Å². The van der Waals surface area contributed by atoms with Crippen LogP contribution < -0.4 is 10.7 Å². The van der Waals surface area contributed by atoms with Gasteiger partial charge in [-0.1, -0.05) is 22.6 Å². The predicted molar refractivity (Wildman–Crippen MR) is 78.3 cm³/mol. The Morgan fingerprint density at radius 3 is 2.90 bits per heavy atom. The van der Waals surface area contributed by atoms with Crippen LogP contribution in [0, 0.1) is 13.8 Å². The summed E-state index contributed by atoms with van der Waals surface area (Å²) in [5.41, 5.74) is 3.43. The third-order valence-corrected chi connectivity index (χ3v) is 4.13. The number of nitrogens with zero attached hydrogens (tertiary/aromatic N) is 3. The molecule has 0 atom stereocenters. The zero-order chi connectivity index (χ0) is 14.3. The molecule has 0 unspecified atom stereocenters. The van der Waals surface area contributed by atoms with Gasteiger partial charge in [0.1, 0.15) is 0 Å². The van der Waals surface area contributed by atoms with E-state index < -0.39 is 5.76 Å². The maximum atomic E-state index is 10.9. The van der Waals surface area contributed by atoms with Crippen LogP contribution in [0.5, 0.6) is 0 Å². The van der Waals surface area contributed by atoms with E-state index in [1.165, 1.54) is 11.1 Å². The second-order valence-electron chi connectivity index (χ2n) is 4.82. The van der Waals surface area contributed by atoms with Crippen molar-refractivity contribution >= 4 is 26.7 Å². The predicted octanol–water partition coefficient (Wildman–Crippen LogP) is 2.23. The maximum absolute atomic E-state index is 10.9. The minimum absolute atomic E-state index is 0.448. The molecule has 3 aromatic rings. The summed E-state index contributed by atoms with van der Waals surface area (Å²) in [6, 6.07) is 4.26. The SMILES string of the molecule is Cc1cc(C)c2nc(N(C)Cc3noc(=O)[nH]3)sc2c1. The summed E-state index contributed by atoms with van der Waals surface area (Å²) in [6.45, 7) is 4.59. The molecule has 20 heavy (non-hydrogen) atoms. The van der Waals surface area contributed by atoms with Crippen molar-refractivity contribution in [3.63, 3.8) is 0 Å². The zero-order valence-corrected chi connectivity index (χ0v) is 12.2. The first-order valence-corrected chi connectivity index (χ1v) is 6.98. The van der Waals surface area contributed by atoms with Gasteiger partial charge in [-0.25, -0.2) is 9.78 Å². The van der Waals surface area contributed by atoms with Gasteiger partial charge in [-0.2, -0.15) is 0 Å². The van der Waals surface area contributed by atoms with Gasteiger partial charge in [-0.05, 0) is 31.0 Å². The van der Waals surface area contributed by atoms with Crippen LogP contribution >= 0.6 is 11.3 Å². The molecule has 2 aromatic heterocycles. The van der Waals surface area contributed by atoms with Gasteiger partial charge in [0.15, 0.2) is 11.0 Å². The topological polar surface area (TPSA) is 75.0 Å². The molecule has 1 N–H and O–H groups in total. The largest absolute Gasteiger partial charge is 0.438 e. The number of aryl methyl sites for hydroxylation is 2. The first kappa shape index (κ1) is 12.9. The molecular weight excluding hydrogens is 276 g/mol. The van der Waals surface area contributed by atoms with E-state index in [0.717, 1.165) is 15.3 Å². The van der Waals surface area contributed by atoms with E-state index in [1.807, 2.05) is 11.9 Å². The smallest absolute Gasteiger partial charge is 0.344 e. The molecule has 0 amide bonds. The van der Waals surface area contributed by atoms with Crippen molar-refractivity contribution in [1.29, 1.82) is 0 Å². The number of hydrogen-bond acceptors (Lipinski definition) is 6. The quantitative estimate of drug-likeness (QED) is 0.800. The lowest BCUT2D eigenvalue weighted by molar-refractivity contribution is 0.381. The van der Waals surface area contributed by atoms with E-state index in [9.17, 15) is 4.79 Å². The first-order chi connectivity index (χ1) is 9.52. The second kappa shape index (κ2) is 4.75. The van der Waals surface area contributed by atoms with Gasteiger partial charge in [0.05, 0.1) is 16.8 Å². The Balaban J connectivity index is 1.93. The Morgan fingerprint density at radius 2 is 2.20 bits per heavy atom. The third kappa shape index (κ3) is 2.32. The molecule has 2 heterocycles. The summed E-state index contributed by atoms with van der Waals surface area (Å²) in [5.74, 6) is -0.0474. The number of benzene rings is 1. The monoisotopic (exact) mass is 290 g/mol. The van der Waals surface area contributed by atoms with E-state index in [1.54, 1.807) is 11.3 Å². The van der Waals surface area contributed by atoms with E-state index in [2.05, 4.69) is 45.6 Å². The molecule has 7 heteroatoms. The lowest BCUT2D eigenvalue weighted by Crippen LogP contribution is -2.17. The minimum atomic E-state index is -0.538. The molecule has 6 nitrogen and oxygen atoms in total. The van der Waals surface area contributed by atoms with Crippen LogP contribution in [0.3, 0.4) is 0 Å². The Kier molecular flexibility index (Phi) is 3.06.